The SMILES string of the molecule is C[C@H](C(=O)Nc1ccc(S(N)(=O)=O)cc1)N(C)Cc1ccc(C(F)(F)F)cc1. The average Bonchev–Trinajstić information content (AvgIpc) is 2.60. The summed E-state index contributed by atoms with van der Waals surface area (Å²) in [6.45, 7) is 1.93. The lowest BCUT2D eigenvalue weighted by Gasteiger charge is -2.24. The van der Waals surface area contributed by atoms with E-state index in [4.69, 9.17) is 5.14 Å². The van der Waals surface area contributed by atoms with E-state index >= 15 is 0 Å². The van der Waals surface area contributed by atoms with Crippen LogP contribution in [0.1, 0.15) is 18.1 Å². The summed E-state index contributed by atoms with van der Waals surface area (Å²) in [6, 6.07) is 9.55. The number of rotatable bonds is 6. The average molecular weight is 415 g/mol. The van der Waals surface area contributed by atoms with Gasteiger partial charge in [0, 0.05) is 12.2 Å². The highest BCUT2D eigenvalue weighted by molar-refractivity contribution is 7.89. The quantitative estimate of drug-likeness (QED) is 0.759. The van der Waals surface area contributed by atoms with Crippen molar-refractivity contribution in [1.29, 1.82) is 0 Å². The van der Waals surface area contributed by atoms with Crippen molar-refractivity contribution in [3.63, 3.8) is 0 Å². The highest BCUT2D eigenvalue weighted by Gasteiger charge is 2.30. The van der Waals surface area contributed by atoms with Crippen molar-refractivity contribution >= 4 is 21.6 Å². The Bertz CT molecular complexity index is 927. The molecule has 0 saturated carbocycles. The van der Waals surface area contributed by atoms with Crippen LogP contribution in [0.2, 0.25) is 0 Å². The number of nitrogens with zero attached hydrogens (tertiary/aromatic N) is 1. The molecule has 0 bridgehead atoms. The lowest BCUT2D eigenvalue weighted by atomic mass is 10.1. The molecule has 1 atom stereocenters. The molecule has 0 spiro atoms. The van der Waals surface area contributed by atoms with Gasteiger partial charge in [-0.3, -0.25) is 9.69 Å². The molecular formula is C18H20F3N3O3S. The van der Waals surface area contributed by atoms with Crippen LogP contribution < -0.4 is 10.5 Å². The fourth-order valence-electron chi connectivity index (χ4n) is 2.40. The number of carbonyl (C=O) groups excluding carboxylic acids is 1. The summed E-state index contributed by atoms with van der Waals surface area (Å²) in [6.07, 6.45) is -4.39. The van der Waals surface area contributed by atoms with E-state index in [0.717, 1.165) is 12.1 Å². The Morgan fingerprint density at radius 3 is 2.11 bits per heavy atom. The zero-order valence-corrected chi connectivity index (χ0v) is 16.0. The molecule has 0 saturated heterocycles. The van der Waals surface area contributed by atoms with Crippen LogP contribution in [0, 0.1) is 0 Å². The Hall–Kier alpha value is -2.43. The van der Waals surface area contributed by atoms with E-state index in [2.05, 4.69) is 5.32 Å². The first kappa shape index (κ1) is 21.9. The van der Waals surface area contributed by atoms with E-state index in [1.54, 1.807) is 18.9 Å². The molecule has 28 heavy (non-hydrogen) atoms. The van der Waals surface area contributed by atoms with Crippen molar-refractivity contribution in [3.05, 3.63) is 59.7 Å². The third-order valence-corrected chi connectivity index (χ3v) is 5.13. The van der Waals surface area contributed by atoms with Crippen LogP contribution in [0.3, 0.4) is 0 Å². The largest absolute Gasteiger partial charge is 0.416 e. The second-order valence-electron chi connectivity index (χ2n) is 6.34. The lowest BCUT2D eigenvalue weighted by molar-refractivity contribution is -0.137. The first-order valence-corrected chi connectivity index (χ1v) is 9.72. The van der Waals surface area contributed by atoms with Gasteiger partial charge in [-0.15, -0.1) is 0 Å². The van der Waals surface area contributed by atoms with Crippen molar-refractivity contribution in [1.82, 2.24) is 4.90 Å². The molecule has 152 valence electrons. The molecule has 0 unspecified atom stereocenters. The van der Waals surface area contributed by atoms with Gasteiger partial charge in [0.1, 0.15) is 0 Å². The predicted octanol–water partition coefficient (Wildman–Crippen LogP) is 2.81. The third kappa shape index (κ3) is 5.78. The molecule has 0 aliphatic heterocycles. The standard InChI is InChI=1S/C18H20F3N3O3S/c1-12(17(25)23-15-7-9-16(10-8-15)28(22,26)27)24(2)11-13-3-5-14(6-4-13)18(19,20)21/h3-10,12H,11H2,1-2H3,(H,23,25)(H2,22,26,27)/t12-/m1/s1. The highest BCUT2D eigenvalue weighted by Crippen LogP contribution is 2.29. The first-order valence-electron chi connectivity index (χ1n) is 8.18. The first-order chi connectivity index (χ1) is 12.9. The van der Waals surface area contributed by atoms with Gasteiger partial charge in [0.15, 0.2) is 0 Å². The van der Waals surface area contributed by atoms with Gasteiger partial charge in [0.25, 0.3) is 0 Å². The topological polar surface area (TPSA) is 92.5 Å². The van der Waals surface area contributed by atoms with Crippen molar-refractivity contribution in [2.45, 2.75) is 30.6 Å². The van der Waals surface area contributed by atoms with Crippen LogP contribution in [0.15, 0.2) is 53.4 Å². The maximum Gasteiger partial charge on any atom is 0.416 e. The second-order valence-corrected chi connectivity index (χ2v) is 7.91. The molecule has 0 heterocycles. The number of carbonyl (C=O) groups is 1. The Morgan fingerprint density at radius 1 is 1.11 bits per heavy atom. The smallest absolute Gasteiger partial charge is 0.325 e. The maximum atomic E-state index is 12.6. The number of hydrogen-bond donors (Lipinski definition) is 2. The van der Waals surface area contributed by atoms with Gasteiger partial charge in [-0.25, -0.2) is 13.6 Å². The van der Waals surface area contributed by atoms with Crippen LogP contribution >= 0.6 is 0 Å². The van der Waals surface area contributed by atoms with Gasteiger partial charge >= 0.3 is 6.18 Å². The van der Waals surface area contributed by atoms with Gasteiger partial charge in [0.2, 0.25) is 15.9 Å². The van der Waals surface area contributed by atoms with Gasteiger partial charge in [-0.05, 0) is 55.9 Å². The van der Waals surface area contributed by atoms with Crippen molar-refractivity contribution in [2.24, 2.45) is 5.14 Å². The fraction of sp³-hybridized carbons (Fsp3) is 0.278. The molecule has 2 aromatic rings. The summed E-state index contributed by atoms with van der Waals surface area (Å²) < 4.78 is 60.3. The molecule has 2 aromatic carbocycles. The number of anilines is 1. The monoisotopic (exact) mass is 415 g/mol. The summed E-state index contributed by atoms with van der Waals surface area (Å²) in [5, 5.41) is 7.67. The zero-order chi connectivity index (χ0) is 21.1. The van der Waals surface area contributed by atoms with Crippen molar-refractivity contribution in [3.8, 4) is 0 Å². The minimum atomic E-state index is -4.39. The Kier molecular flexibility index (Phi) is 6.48. The molecule has 10 heteroatoms. The number of benzene rings is 2. The van der Waals surface area contributed by atoms with Crippen LogP contribution in [0.5, 0.6) is 0 Å². The molecule has 3 N–H and O–H groups in total. The van der Waals surface area contributed by atoms with E-state index in [0.29, 0.717) is 11.3 Å². The number of halogens is 3. The maximum absolute atomic E-state index is 12.6. The molecule has 6 nitrogen and oxygen atoms in total. The van der Waals surface area contributed by atoms with Crippen LogP contribution in [0.25, 0.3) is 0 Å². The van der Waals surface area contributed by atoms with Crippen LogP contribution in [-0.4, -0.2) is 32.3 Å². The van der Waals surface area contributed by atoms with E-state index in [1.807, 2.05) is 0 Å². The number of hydrogen-bond acceptors (Lipinski definition) is 4. The van der Waals surface area contributed by atoms with Crippen LogP contribution in [0.4, 0.5) is 18.9 Å². The van der Waals surface area contributed by atoms with Crippen molar-refractivity contribution < 1.29 is 26.4 Å². The number of sulfonamides is 1. The number of nitrogens with two attached hydrogens (primary N) is 1. The minimum Gasteiger partial charge on any atom is -0.325 e. The second kappa shape index (κ2) is 8.29. The lowest BCUT2D eigenvalue weighted by Crippen LogP contribution is -2.39. The number of primary sulfonamides is 1. The minimum absolute atomic E-state index is 0.0713. The molecular weight excluding hydrogens is 395 g/mol. The van der Waals surface area contributed by atoms with E-state index in [1.165, 1.54) is 36.4 Å². The van der Waals surface area contributed by atoms with Gasteiger partial charge in [-0.2, -0.15) is 13.2 Å². The highest BCUT2D eigenvalue weighted by atomic mass is 32.2. The predicted molar refractivity (Wildman–Crippen MR) is 98.8 cm³/mol. The fourth-order valence-corrected chi connectivity index (χ4v) is 2.91. The third-order valence-electron chi connectivity index (χ3n) is 4.20. The van der Waals surface area contributed by atoms with Crippen LogP contribution in [-0.2, 0) is 27.5 Å². The number of amides is 1. The molecule has 0 aliphatic carbocycles. The Morgan fingerprint density at radius 2 is 1.64 bits per heavy atom. The molecule has 0 fully saturated rings. The molecule has 0 aromatic heterocycles. The summed E-state index contributed by atoms with van der Waals surface area (Å²) in [7, 11) is -2.14. The van der Waals surface area contributed by atoms with E-state index < -0.39 is 27.8 Å². The Balaban J connectivity index is 1.98. The zero-order valence-electron chi connectivity index (χ0n) is 15.2. The number of likely N-dealkylation sites (N-methyl/N-ethyl adjacent to an activating group) is 1. The van der Waals surface area contributed by atoms with Gasteiger partial charge in [-0.1, -0.05) is 12.1 Å². The summed E-state index contributed by atoms with van der Waals surface area (Å²) in [5.41, 5.74) is 0.299. The van der Waals surface area contributed by atoms with Crippen molar-refractivity contribution in [2.75, 3.05) is 12.4 Å². The normalized spacial score (nSPS) is 13.4. The molecule has 1 amide bonds. The van der Waals surface area contributed by atoms with Gasteiger partial charge < -0.3 is 5.32 Å². The van der Waals surface area contributed by atoms with E-state index in [-0.39, 0.29) is 17.3 Å². The Labute approximate surface area is 161 Å². The van der Waals surface area contributed by atoms with Gasteiger partial charge in [0.05, 0.1) is 16.5 Å². The molecule has 0 radical (unpaired) electrons. The van der Waals surface area contributed by atoms with E-state index in [9.17, 15) is 26.4 Å². The summed E-state index contributed by atoms with van der Waals surface area (Å²) >= 11 is 0. The number of nitrogens with one attached hydrogen (secondary N) is 1. The molecule has 2 rings (SSSR count). The summed E-state index contributed by atoms with van der Waals surface area (Å²) in [4.78, 5) is 14.0. The molecule has 0 aliphatic rings. The summed E-state index contributed by atoms with van der Waals surface area (Å²) in [5.74, 6) is -0.349. The number of alkyl halides is 3.